The van der Waals surface area contributed by atoms with Crippen molar-refractivity contribution in [1.82, 2.24) is 15.4 Å². The summed E-state index contributed by atoms with van der Waals surface area (Å²) in [5.41, 5.74) is 1.76. The van der Waals surface area contributed by atoms with Crippen molar-refractivity contribution in [3.05, 3.63) is 35.6 Å². The SMILES string of the molecule is CCNC(=S)N(Cc1c(-c2ccccc2F)noc1N1CCOCC1)CC1CCCO1. The molecule has 3 heterocycles. The molecule has 0 aliphatic carbocycles. The Bertz CT molecular complexity index is 881. The molecule has 2 aliphatic heterocycles. The highest BCUT2D eigenvalue weighted by Gasteiger charge is 2.29. The maximum absolute atomic E-state index is 14.7. The highest BCUT2D eigenvalue weighted by molar-refractivity contribution is 7.80. The first-order valence-electron chi connectivity index (χ1n) is 10.9. The number of anilines is 1. The number of nitrogens with zero attached hydrogens (tertiary/aromatic N) is 3. The topological polar surface area (TPSA) is 63.0 Å². The number of benzene rings is 1. The Morgan fingerprint density at radius 2 is 2.10 bits per heavy atom. The van der Waals surface area contributed by atoms with Gasteiger partial charge >= 0.3 is 0 Å². The number of aromatic nitrogens is 1. The summed E-state index contributed by atoms with van der Waals surface area (Å²) in [5, 5.41) is 8.18. The Hall–Kier alpha value is -2.23. The van der Waals surface area contributed by atoms with Crippen LogP contribution < -0.4 is 10.2 Å². The standard InChI is InChI=1S/C22H29FN4O3S/c1-2-24-22(31)27(14-16-6-5-11-29-16)15-18-20(17-7-3-4-8-19(17)23)25-30-21(18)26-9-12-28-13-10-26/h3-4,7-8,16H,2,5-6,9-15H2,1H3,(H,24,31). The van der Waals surface area contributed by atoms with Crippen LogP contribution in [0.1, 0.15) is 25.3 Å². The van der Waals surface area contributed by atoms with Crippen molar-refractivity contribution < 1.29 is 18.4 Å². The van der Waals surface area contributed by atoms with Crippen molar-refractivity contribution in [2.24, 2.45) is 0 Å². The lowest BCUT2D eigenvalue weighted by Gasteiger charge is -2.30. The van der Waals surface area contributed by atoms with E-state index in [4.69, 9.17) is 26.2 Å². The molecule has 2 fully saturated rings. The number of nitrogens with one attached hydrogen (secondary N) is 1. The second-order valence-electron chi connectivity index (χ2n) is 7.75. The number of thiocarbonyl (C=S) groups is 1. The lowest BCUT2D eigenvalue weighted by Crippen LogP contribution is -2.43. The Kier molecular flexibility index (Phi) is 7.37. The van der Waals surface area contributed by atoms with Gasteiger partial charge in [-0.2, -0.15) is 0 Å². The first-order valence-corrected chi connectivity index (χ1v) is 11.3. The van der Waals surface area contributed by atoms with Crippen molar-refractivity contribution in [3.63, 3.8) is 0 Å². The molecule has 1 aromatic heterocycles. The highest BCUT2D eigenvalue weighted by Crippen LogP contribution is 2.34. The number of rotatable bonds is 7. The van der Waals surface area contributed by atoms with Gasteiger partial charge in [0.2, 0.25) is 5.88 Å². The first kappa shape index (κ1) is 22.0. The zero-order valence-electron chi connectivity index (χ0n) is 17.8. The molecule has 9 heteroatoms. The van der Waals surface area contributed by atoms with Gasteiger partial charge in [-0.3, -0.25) is 0 Å². The second-order valence-corrected chi connectivity index (χ2v) is 8.13. The number of ether oxygens (including phenoxy) is 2. The van der Waals surface area contributed by atoms with E-state index in [2.05, 4.69) is 20.3 Å². The summed E-state index contributed by atoms with van der Waals surface area (Å²) in [7, 11) is 0. The van der Waals surface area contributed by atoms with Crippen LogP contribution in [-0.4, -0.2) is 67.3 Å². The fourth-order valence-electron chi connectivity index (χ4n) is 4.03. The van der Waals surface area contributed by atoms with Gasteiger partial charge < -0.3 is 29.1 Å². The molecule has 0 amide bonds. The summed E-state index contributed by atoms with van der Waals surface area (Å²) in [4.78, 5) is 4.19. The lowest BCUT2D eigenvalue weighted by molar-refractivity contribution is 0.0897. The monoisotopic (exact) mass is 448 g/mol. The number of morpholine rings is 1. The van der Waals surface area contributed by atoms with Crippen LogP contribution in [0, 0.1) is 5.82 Å². The van der Waals surface area contributed by atoms with E-state index in [1.807, 2.05) is 6.92 Å². The fraction of sp³-hybridized carbons (Fsp3) is 0.545. The molecule has 2 saturated heterocycles. The Labute approximate surface area is 187 Å². The van der Waals surface area contributed by atoms with Crippen molar-refractivity contribution in [3.8, 4) is 11.3 Å². The minimum Gasteiger partial charge on any atom is -0.378 e. The van der Waals surface area contributed by atoms with Crippen LogP contribution in [0.5, 0.6) is 0 Å². The van der Waals surface area contributed by atoms with Crippen LogP contribution in [0.15, 0.2) is 28.8 Å². The van der Waals surface area contributed by atoms with E-state index in [0.717, 1.165) is 31.6 Å². The largest absolute Gasteiger partial charge is 0.378 e. The van der Waals surface area contributed by atoms with Gasteiger partial charge in [-0.05, 0) is 44.1 Å². The lowest BCUT2D eigenvalue weighted by atomic mass is 10.1. The van der Waals surface area contributed by atoms with Crippen LogP contribution in [0.4, 0.5) is 10.3 Å². The molecule has 1 atom stereocenters. The molecule has 1 unspecified atom stereocenters. The average molecular weight is 449 g/mol. The summed E-state index contributed by atoms with van der Waals surface area (Å²) in [6.45, 7) is 7.25. The summed E-state index contributed by atoms with van der Waals surface area (Å²) in [5.74, 6) is 0.323. The van der Waals surface area contributed by atoms with Crippen LogP contribution in [0.3, 0.4) is 0 Å². The number of halogens is 1. The predicted octanol–water partition coefficient (Wildman–Crippen LogP) is 3.19. The van der Waals surface area contributed by atoms with Crippen molar-refractivity contribution >= 4 is 23.2 Å². The minimum atomic E-state index is -0.328. The summed E-state index contributed by atoms with van der Waals surface area (Å²) in [6.07, 6.45) is 2.19. The predicted molar refractivity (Wildman–Crippen MR) is 121 cm³/mol. The van der Waals surface area contributed by atoms with E-state index in [1.165, 1.54) is 6.07 Å². The summed E-state index contributed by atoms with van der Waals surface area (Å²) in [6, 6.07) is 6.65. The molecule has 0 radical (unpaired) electrons. The molecule has 31 heavy (non-hydrogen) atoms. The molecule has 0 saturated carbocycles. The van der Waals surface area contributed by atoms with Crippen molar-refractivity contribution in [2.75, 3.05) is 50.9 Å². The van der Waals surface area contributed by atoms with Crippen LogP contribution in [0.25, 0.3) is 11.3 Å². The molecule has 4 rings (SSSR count). The maximum Gasteiger partial charge on any atom is 0.233 e. The van der Waals surface area contributed by atoms with E-state index < -0.39 is 0 Å². The molecular formula is C22H29FN4O3S. The normalized spacial score (nSPS) is 18.9. The van der Waals surface area contributed by atoms with E-state index in [0.29, 0.717) is 61.6 Å². The average Bonchev–Trinajstić information content (AvgIpc) is 3.44. The maximum atomic E-state index is 14.7. The van der Waals surface area contributed by atoms with E-state index in [9.17, 15) is 4.39 Å². The molecule has 168 valence electrons. The molecule has 2 aliphatic rings. The Morgan fingerprint density at radius 1 is 1.29 bits per heavy atom. The quantitative estimate of drug-likeness (QED) is 0.648. The third-order valence-electron chi connectivity index (χ3n) is 5.61. The molecule has 0 spiro atoms. The number of hydrogen-bond acceptors (Lipinski definition) is 6. The third kappa shape index (κ3) is 5.16. The van der Waals surface area contributed by atoms with Gasteiger partial charge in [0.05, 0.1) is 31.4 Å². The molecular weight excluding hydrogens is 419 g/mol. The molecule has 1 aromatic carbocycles. The third-order valence-corrected chi connectivity index (χ3v) is 6.01. The fourth-order valence-corrected chi connectivity index (χ4v) is 4.31. The summed E-state index contributed by atoms with van der Waals surface area (Å²) < 4.78 is 31.8. The zero-order valence-corrected chi connectivity index (χ0v) is 18.6. The van der Waals surface area contributed by atoms with Gasteiger partial charge in [0.25, 0.3) is 0 Å². The van der Waals surface area contributed by atoms with Gasteiger partial charge in [-0.1, -0.05) is 17.3 Å². The van der Waals surface area contributed by atoms with Gasteiger partial charge in [0.1, 0.15) is 11.5 Å². The van der Waals surface area contributed by atoms with Crippen molar-refractivity contribution in [2.45, 2.75) is 32.4 Å². The van der Waals surface area contributed by atoms with Crippen molar-refractivity contribution in [1.29, 1.82) is 0 Å². The van der Waals surface area contributed by atoms with E-state index in [-0.39, 0.29) is 11.9 Å². The highest BCUT2D eigenvalue weighted by atomic mass is 32.1. The van der Waals surface area contributed by atoms with Crippen LogP contribution in [0.2, 0.25) is 0 Å². The first-order chi connectivity index (χ1) is 15.2. The van der Waals surface area contributed by atoms with E-state index >= 15 is 0 Å². The number of hydrogen-bond donors (Lipinski definition) is 1. The van der Waals surface area contributed by atoms with Gasteiger partial charge in [-0.25, -0.2) is 4.39 Å². The molecule has 1 N–H and O–H groups in total. The Morgan fingerprint density at radius 3 is 2.81 bits per heavy atom. The minimum absolute atomic E-state index is 0.125. The Balaban J connectivity index is 1.69. The second kappa shape index (κ2) is 10.4. The van der Waals surface area contributed by atoms with Gasteiger partial charge in [0, 0.05) is 38.3 Å². The zero-order chi connectivity index (χ0) is 21.6. The van der Waals surface area contributed by atoms with Crippen LogP contribution >= 0.6 is 12.2 Å². The molecule has 0 bridgehead atoms. The van der Waals surface area contributed by atoms with Crippen LogP contribution in [-0.2, 0) is 16.0 Å². The molecule has 7 nitrogen and oxygen atoms in total. The molecule has 2 aromatic rings. The van der Waals surface area contributed by atoms with Gasteiger partial charge in [-0.15, -0.1) is 0 Å². The van der Waals surface area contributed by atoms with E-state index in [1.54, 1.807) is 18.2 Å². The summed E-state index contributed by atoms with van der Waals surface area (Å²) >= 11 is 5.67. The smallest absolute Gasteiger partial charge is 0.233 e. The van der Waals surface area contributed by atoms with Gasteiger partial charge in [0.15, 0.2) is 5.11 Å².